The first-order chi connectivity index (χ1) is 17.2. The van der Waals surface area contributed by atoms with Crippen LogP contribution < -0.4 is 21.3 Å². The molecule has 1 aromatic carbocycles. The van der Waals surface area contributed by atoms with Crippen LogP contribution in [0.5, 0.6) is 0 Å². The summed E-state index contributed by atoms with van der Waals surface area (Å²) in [5, 5.41) is 15.3. The van der Waals surface area contributed by atoms with Crippen LogP contribution in [0.4, 0.5) is 0 Å². The molecule has 4 N–H and O–H groups in total. The average Bonchev–Trinajstić information content (AvgIpc) is 2.87. The maximum Gasteiger partial charge on any atom is 0.0429 e. The van der Waals surface area contributed by atoms with E-state index in [9.17, 15) is 0 Å². The van der Waals surface area contributed by atoms with Crippen molar-refractivity contribution in [3.8, 4) is 0 Å². The van der Waals surface area contributed by atoms with Crippen molar-refractivity contribution in [1.29, 1.82) is 0 Å². The highest BCUT2D eigenvalue weighted by atomic mass is 31.0. The molecule has 5 unspecified atom stereocenters. The van der Waals surface area contributed by atoms with Gasteiger partial charge in [-0.25, -0.2) is 0 Å². The van der Waals surface area contributed by atoms with Crippen LogP contribution in [0.3, 0.4) is 0 Å². The van der Waals surface area contributed by atoms with E-state index >= 15 is 0 Å². The second kappa shape index (κ2) is 9.53. The Morgan fingerprint density at radius 2 is 1.19 bits per heavy atom. The lowest BCUT2D eigenvalue weighted by Gasteiger charge is -2.67. The zero-order valence-corrected chi connectivity index (χ0v) is 25.1. The van der Waals surface area contributed by atoms with Crippen LogP contribution in [0.2, 0.25) is 0 Å². The van der Waals surface area contributed by atoms with Crippen LogP contribution in [-0.4, -0.2) is 51.4 Å². The molecule has 0 spiro atoms. The van der Waals surface area contributed by atoms with Gasteiger partial charge in [-0.15, -0.1) is 18.5 Å². The molecule has 36 heavy (non-hydrogen) atoms. The predicted molar refractivity (Wildman–Crippen MR) is 159 cm³/mol. The van der Waals surface area contributed by atoms with Crippen molar-refractivity contribution >= 4 is 18.5 Å². The zero-order valence-electron chi connectivity index (χ0n) is 22.8. The fraction of sp³-hybridized carbons (Fsp3) is 0.800. The fourth-order valence-corrected chi connectivity index (χ4v) is 11.2. The van der Waals surface area contributed by atoms with Crippen LogP contribution in [0.15, 0.2) is 24.3 Å². The topological polar surface area (TPSA) is 48.1 Å². The molecular formula is C30H50N4P2. The minimum absolute atomic E-state index is 0.0403. The van der Waals surface area contributed by atoms with Crippen molar-refractivity contribution in [3.05, 3.63) is 35.4 Å². The van der Waals surface area contributed by atoms with Gasteiger partial charge in [-0.2, -0.15) is 0 Å². The lowest BCUT2D eigenvalue weighted by Crippen LogP contribution is -2.67. The van der Waals surface area contributed by atoms with Crippen molar-refractivity contribution in [1.82, 2.24) is 21.3 Å². The molecule has 2 aliphatic heterocycles. The van der Waals surface area contributed by atoms with Gasteiger partial charge in [0, 0.05) is 61.7 Å². The van der Waals surface area contributed by atoms with Gasteiger partial charge in [0.2, 0.25) is 0 Å². The van der Waals surface area contributed by atoms with Gasteiger partial charge >= 0.3 is 0 Å². The highest BCUT2D eigenvalue weighted by Gasteiger charge is 2.63. The molecule has 0 amide bonds. The summed E-state index contributed by atoms with van der Waals surface area (Å²) in [5.74, 6) is 2.83. The molecule has 7 rings (SSSR count). The van der Waals surface area contributed by atoms with Crippen molar-refractivity contribution in [2.45, 2.75) is 81.7 Å². The molecule has 6 heteroatoms. The standard InChI is InChI=1S/C30H50N4P2/c1-27(2,3)30(36,28-15-20-12-21(16-28)14-22(13-20)17-28)24-7-5-4-6-23(24)29(35,25-18-31-8-10-33-25)26-19-32-9-11-34-26/h4-7,20-22,25-26,31-34H,8-19,35-36H2,1-3H3. The van der Waals surface area contributed by atoms with Gasteiger partial charge in [0.15, 0.2) is 0 Å². The second-order valence-corrected chi connectivity index (χ2v) is 16.0. The normalized spacial score (nSPS) is 40.0. The summed E-state index contributed by atoms with van der Waals surface area (Å²) in [4.78, 5) is 0. The van der Waals surface area contributed by atoms with Crippen LogP contribution in [0, 0.1) is 28.6 Å². The lowest BCUT2D eigenvalue weighted by atomic mass is 9.42. The Kier molecular flexibility index (Phi) is 6.93. The summed E-state index contributed by atoms with van der Waals surface area (Å²) in [5.41, 5.74) is 3.65. The minimum Gasteiger partial charge on any atom is -0.314 e. The Balaban J connectivity index is 1.52. The summed E-state index contributed by atoms with van der Waals surface area (Å²) in [6, 6.07) is 10.4. The lowest BCUT2D eigenvalue weighted by molar-refractivity contribution is -0.101. The molecule has 4 nitrogen and oxygen atoms in total. The summed E-state index contributed by atoms with van der Waals surface area (Å²) < 4.78 is 0. The number of rotatable bonds is 5. The van der Waals surface area contributed by atoms with E-state index in [-0.39, 0.29) is 15.7 Å². The van der Waals surface area contributed by atoms with E-state index in [1.807, 2.05) is 0 Å². The Hall–Kier alpha value is -0.0800. The predicted octanol–water partition coefficient (Wildman–Crippen LogP) is 4.21. The summed E-state index contributed by atoms with van der Waals surface area (Å²) in [6.07, 6.45) is 8.75. The van der Waals surface area contributed by atoms with E-state index in [2.05, 4.69) is 84.8 Å². The maximum atomic E-state index is 3.95. The highest BCUT2D eigenvalue weighted by molar-refractivity contribution is 7.19. The third-order valence-electron chi connectivity index (χ3n) is 11.1. The number of benzene rings is 1. The fourth-order valence-electron chi connectivity index (χ4n) is 9.88. The summed E-state index contributed by atoms with van der Waals surface area (Å²) in [7, 11) is 7.03. The third-order valence-corrected chi connectivity index (χ3v) is 14.0. The Morgan fingerprint density at radius 3 is 1.61 bits per heavy atom. The quantitative estimate of drug-likeness (QED) is 0.433. The number of hydrogen-bond donors (Lipinski definition) is 4. The van der Waals surface area contributed by atoms with E-state index in [0.29, 0.717) is 17.5 Å². The van der Waals surface area contributed by atoms with Crippen LogP contribution in [0.25, 0.3) is 0 Å². The number of hydrogen-bond acceptors (Lipinski definition) is 4. The first-order valence-corrected chi connectivity index (χ1v) is 15.9. The van der Waals surface area contributed by atoms with Crippen molar-refractivity contribution in [2.75, 3.05) is 39.3 Å². The van der Waals surface area contributed by atoms with Crippen molar-refractivity contribution in [2.24, 2.45) is 28.6 Å². The molecule has 1 aromatic rings. The zero-order chi connectivity index (χ0) is 25.2. The van der Waals surface area contributed by atoms with Gasteiger partial charge in [-0.3, -0.25) is 0 Å². The van der Waals surface area contributed by atoms with E-state index in [0.717, 1.165) is 57.0 Å². The summed E-state index contributed by atoms with van der Waals surface area (Å²) in [6.45, 7) is 13.8. The number of nitrogens with one attached hydrogen (secondary N) is 4. The van der Waals surface area contributed by atoms with Crippen molar-refractivity contribution < 1.29 is 0 Å². The monoisotopic (exact) mass is 528 g/mol. The average molecular weight is 529 g/mol. The smallest absolute Gasteiger partial charge is 0.0429 e. The molecule has 0 aromatic heterocycles. The SMILES string of the molecule is CC(C)(C)C(P)(c1ccccc1C(P)(C1CNCCN1)C1CNCCN1)C12CC3CC(CC(C3)C1)C2. The highest BCUT2D eigenvalue weighted by Crippen LogP contribution is 2.72. The van der Waals surface area contributed by atoms with Gasteiger partial charge in [0.05, 0.1) is 0 Å². The first-order valence-electron chi connectivity index (χ1n) is 14.7. The molecule has 5 atom stereocenters. The third kappa shape index (κ3) is 4.00. The van der Waals surface area contributed by atoms with Crippen molar-refractivity contribution in [3.63, 3.8) is 0 Å². The van der Waals surface area contributed by atoms with Gasteiger partial charge < -0.3 is 21.3 Å². The van der Waals surface area contributed by atoms with E-state index < -0.39 is 0 Å². The molecule has 4 saturated carbocycles. The van der Waals surface area contributed by atoms with Gasteiger partial charge in [0.1, 0.15) is 0 Å². The van der Waals surface area contributed by atoms with Crippen LogP contribution >= 0.6 is 18.5 Å². The molecule has 6 aliphatic rings. The number of piperazine rings is 2. The molecule has 200 valence electrons. The first kappa shape index (κ1) is 26.2. The molecule has 4 bridgehead atoms. The van der Waals surface area contributed by atoms with Crippen LogP contribution in [-0.2, 0) is 10.3 Å². The molecule has 4 aliphatic carbocycles. The largest absolute Gasteiger partial charge is 0.314 e. The minimum atomic E-state index is -0.104. The van der Waals surface area contributed by atoms with Gasteiger partial charge in [-0.1, -0.05) is 45.0 Å². The van der Waals surface area contributed by atoms with E-state index in [1.54, 1.807) is 5.56 Å². The molecule has 2 heterocycles. The molecule has 0 radical (unpaired) electrons. The van der Waals surface area contributed by atoms with Crippen LogP contribution in [0.1, 0.15) is 70.4 Å². The van der Waals surface area contributed by atoms with Gasteiger partial charge in [0.25, 0.3) is 0 Å². The molecule has 6 fully saturated rings. The molecule has 2 saturated heterocycles. The van der Waals surface area contributed by atoms with E-state index in [4.69, 9.17) is 0 Å². The Morgan fingerprint density at radius 1 is 0.722 bits per heavy atom. The Bertz CT molecular complexity index is 893. The molecular weight excluding hydrogens is 478 g/mol. The Labute approximate surface area is 224 Å². The second-order valence-electron chi connectivity index (χ2n) is 14.2. The van der Waals surface area contributed by atoms with Gasteiger partial charge in [-0.05, 0) is 78.2 Å². The maximum absolute atomic E-state index is 3.95. The summed E-state index contributed by atoms with van der Waals surface area (Å²) >= 11 is 0. The van der Waals surface area contributed by atoms with E-state index in [1.165, 1.54) is 44.1 Å².